The van der Waals surface area contributed by atoms with Gasteiger partial charge in [-0.05, 0) is 49.9 Å². The predicted molar refractivity (Wildman–Crippen MR) is 89.1 cm³/mol. The van der Waals surface area contributed by atoms with Crippen molar-refractivity contribution < 1.29 is 19.1 Å². The van der Waals surface area contributed by atoms with E-state index in [0.717, 1.165) is 38.9 Å². The first-order valence-electron chi connectivity index (χ1n) is 8.62. The summed E-state index contributed by atoms with van der Waals surface area (Å²) in [4.78, 5) is 24.2. The smallest absolute Gasteiger partial charge is 0.251 e. The number of ether oxygens (including phenoxy) is 2. The van der Waals surface area contributed by atoms with Gasteiger partial charge in [0, 0.05) is 37.4 Å². The highest BCUT2D eigenvalue weighted by Gasteiger charge is 2.18. The number of carbonyl (C=O) groups is 2. The molecule has 0 aliphatic carbocycles. The highest BCUT2D eigenvalue weighted by Crippen LogP contribution is 2.12. The molecule has 6 nitrogen and oxygen atoms in total. The van der Waals surface area contributed by atoms with E-state index in [-0.39, 0.29) is 24.0 Å². The standard InChI is InChI=1S/C18H24N2O4/c21-17(19-11-15-3-1-9-23-15)13-5-7-14(8-6-13)18(22)20-12-16-4-2-10-24-16/h5-8,15-16H,1-4,9-12H2,(H,19,21)(H,20,22)/t15-,16-/m1/s1. The van der Waals surface area contributed by atoms with E-state index in [1.54, 1.807) is 24.3 Å². The molecule has 1 aromatic rings. The van der Waals surface area contributed by atoms with Crippen molar-refractivity contribution in [1.82, 2.24) is 10.6 Å². The van der Waals surface area contributed by atoms with Gasteiger partial charge in [0.05, 0.1) is 12.2 Å². The van der Waals surface area contributed by atoms with Gasteiger partial charge in [0.25, 0.3) is 11.8 Å². The van der Waals surface area contributed by atoms with Crippen LogP contribution in [-0.4, -0.2) is 50.3 Å². The number of benzene rings is 1. The Morgan fingerprint density at radius 1 is 0.833 bits per heavy atom. The van der Waals surface area contributed by atoms with Crippen molar-refractivity contribution in [3.05, 3.63) is 35.4 Å². The molecule has 0 radical (unpaired) electrons. The average molecular weight is 332 g/mol. The number of nitrogens with one attached hydrogen (secondary N) is 2. The molecule has 0 aromatic heterocycles. The summed E-state index contributed by atoms with van der Waals surface area (Å²) in [7, 11) is 0. The fourth-order valence-electron chi connectivity index (χ4n) is 3.00. The lowest BCUT2D eigenvalue weighted by atomic mass is 10.1. The Labute approximate surface area is 141 Å². The number of hydrogen-bond acceptors (Lipinski definition) is 4. The van der Waals surface area contributed by atoms with Gasteiger partial charge in [-0.25, -0.2) is 0 Å². The van der Waals surface area contributed by atoms with E-state index in [1.165, 1.54) is 0 Å². The van der Waals surface area contributed by atoms with E-state index < -0.39 is 0 Å². The number of amides is 2. The molecule has 0 saturated carbocycles. The van der Waals surface area contributed by atoms with Crippen molar-refractivity contribution in [3.63, 3.8) is 0 Å². The van der Waals surface area contributed by atoms with Crippen LogP contribution in [0, 0.1) is 0 Å². The summed E-state index contributed by atoms with van der Waals surface area (Å²) in [6.07, 6.45) is 4.33. The van der Waals surface area contributed by atoms with Crippen molar-refractivity contribution >= 4 is 11.8 Å². The Morgan fingerprint density at radius 3 is 1.58 bits per heavy atom. The van der Waals surface area contributed by atoms with E-state index in [9.17, 15) is 9.59 Å². The molecular weight excluding hydrogens is 308 g/mol. The van der Waals surface area contributed by atoms with Crippen LogP contribution in [-0.2, 0) is 9.47 Å². The predicted octanol–water partition coefficient (Wildman–Crippen LogP) is 1.50. The number of carbonyl (C=O) groups excluding carboxylic acids is 2. The molecule has 0 unspecified atom stereocenters. The van der Waals surface area contributed by atoms with Crippen molar-refractivity contribution in [2.75, 3.05) is 26.3 Å². The first-order chi connectivity index (χ1) is 11.7. The molecule has 2 heterocycles. The Bertz CT molecular complexity index is 510. The molecule has 2 atom stereocenters. The molecule has 130 valence electrons. The fourth-order valence-corrected chi connectivity index (χ4v) is 3.00. The summed E-state index contributed by atoms with van der Waals surface area (Å²) in [5.74, 6) is -0.284. The van der Waals surface area contributed by atoms with Crippen LogP contribution < -0.4 is 10.6 Å². The van der Waals surface area contributed by atoms with Crippen LogP contribution in [0.15, 0.2) is 24.3 Å². The number of hydrogen-bond donors (Lipinski definition) is 2. The van der Waals surface area contributed by atoms with Crippen molar-refractivity contribution in [2.24, 2.45) is 0 Å². The van der Waals surface area contributed by atoms with E-state index in [1.807, 2.05) is 0 Å². The zero-order valence-corrected chi connectivity index (χ0v) is 13.8. The Hall–Kier alpha value is -1.92. The zero-order valence-electron chi connectivity index (χ0n) is 13.8. The van der Waals surface area contributed by atoms with E-state index in [0.29, 0.717) is 24.2 Å². The van der Waals surface area contributed by atoms with Crippen LogP contribution in [0.1, 0.15) is 46.4 Å². The summed E-state index contributed by atoms with van der Waals surface area (Å²) in [5.41, 5.74) is 1.09. The minimum atomic E-state index is -0.142. The Morgan fingerprint density at radius 2 is 1.25 bits per heavy atom. The third kappa shape index (κ3) is 4.55. The maximum absolute atomic E-state index is 12.1. The fraction of sp³-hybridized carbons (Fsp3) is 0.556. The summed E-state index contributed by atoms with van der Waals surface area (Å²) >= 11 is 0. The maximum atomic E-state index is 12.1. The molecule has 2 fully saturated rings. The first-order valence-corrected chi connectivity index (χ1v) is 8.62. The monoisotopic (exact) mass is 332 g/mol. The third-order valence-electron chi connectivity index (χ3n) is 4.44. The lowest BCUT2D eigenvalue weighted by Gasteiger charge is -2.12. The van der Waals surface area contributed by atoms with E-state index in [2.05, 4.69) is 10.6 Å². The lowest BCUT2D eigenvalue weighted by molar-refractivity contribution is 0.0851. The largest absolute Gasteiger partial charge is 0.376 e. The van der Waals surface area contributed by atoms with E-state index in [4.69, 9.17) is 9.47 Å². The minimum absolute atomic E-state index is 0.122. The zero-order chi connectivity index (χ0) is 16.8. The van der Waals surface area contributed by atoms with Gasteiger partial charge in [0.2, 0.25) is 0 Å². The van der Waals surface area contributed by atoms with Crippen LogP contribution in [0.25, 0.3) is 0 Å². The van der Waals surface area contributed by atoms with Gasteiger partial charge < -0.3 is 20.1 Å². The highest BCUT2D eigenvalue weighted by molar-refractivity contribution is 5.97. The van der Waals surface area contributed by atoms with Gasteiger partial charge in [-0.3, -0.25) is 9.59 Å². The van der Waals surface area contributed by atoms with Gasteiger partial charge in [0.15, 0.2) is 0 Å². The Balaban J connectivity index is 1.46. The van der Waals surface area contributed by atoms with Crippen LogP contribution >= 0.6 is 0 Å². The molecular formula is C18H24N2O4. The SMILES string of the molecule is O=C(NC[C@H]1CCCO1)c1ccc(C(=O)NC[C@H]2CCCO2)cc1. The third-order valence-corrected chi connectivity index (χ3v) is 4.44. The summed E-state index contributed by atoms with van der Waals surface area (Å²) in [6, 6.07) is 6.69. The second kappa shape index (κ2) is 8.26. The van der Waals surface area contributed by atoms with Gasteiger partial charge in [-0.1, -0.05) is 0 Å². The molecule has 2 saturated heterocycles. The lowest BCUT2D eigenvalue weighted by Crippen LogP contribution is -2.32. The highest BCUT2D eigenvalue weighted by atomic mass is 16.5. The molecule has 2 N–H and O–H groups in total. The van der Waals surface area contributed by atoms with Gasteiger partial charge >= 0.3 is 0 Å². The second-order valence-corrected chi connectivity index (χ2v) is 6.27. The van der Waals surface area contributed by atoms with Crippen LogP contribution in [0.2, 0.25) is 0 Å². The minimum Gasteiger partial charge on any atom is -0.376 e. The molecule has 1 aromatic carbocycles. The van der Waals surface area contributed by atoms with Gasteiger partial charge in [0.1, 0.15) is 0 Å². The van der Waals surface area contributed by atoms with Crippen molar-refractivity contribution in [3.8, 4) is 0 Å². The van der Waals surface area contributed by atoms with Crippen LogP contribution in [0.3, 0.4) is 0 Å². The van der Waals surface area contributed by atoms with Crippen LogP contribution in [0.4, 0.5) is 0 Å². The van der Waals surface area contributed by atoms with Crippen molar-refractivity contribution in [1.29, 1.82) is 0 Å². The quantitative estimate of drug-likeness (QED) is 0.828. The summed E-state index contributed by atoms with van der Waals surface area (Å²) in [5, 5.41) is 5.74. The average Bonchev–Trinajstić information content (AvgIpc) is 3.31. The summed E-state index contributed by atoms with van der Waals surface area (Å²) < 4.78 is 11.0. The second-order valence-electron chi connectivity index (χ2n) is 6.27. The number of rotatable bonds is 6. The van der Waals surface area contributed by atoms with Gasteiger partial charge in [-0.15, -0.1) is 0 Å². The molecule has 24 heavy (non-hydrogen) atoms. The molecule has 2 aliphatic rings. The molecule has 6 heteroatoms. The maximum Gasteiger partial charge on any atom is 0.251 e. The Kier molecular flexibility index (Phi) is 5.82. The molecule has 0 bridgehead atoms. The van der Waals surface area contributed by atoms with Crippen molar-refractivity contribution in [2.45, 2.75) is 37.9 Å². The topological polar surface area (TPSA) is 76.7 Å². The summed E-state index contributed by atoms with van der Waals surface area (Å²) in [6.45, 7) is 2.61. The van der Waals surface area contributed by atoms with E-state index >= 15 is 0 Å². The van der Waals surface area contributed by atoms with Crippen LogP contribution in [0.5, 0.6) is 0 Å². The van der Waals surface area contributed by atoms with Gasteiger partial charge in [-0.2, -0.15) is 0 Å². The normalized spacial score (nSPS) is 23.2. The first kappa shape index (κ1) is 16.9. The molecule has 2 aliphatic heterocycles. The molecule has 0 spiro atoms. The molecule has 3 rings (SSSR count). The molecule has 2 amide bonds.